The van der Waals surface area contributed by atoms with Crippen molar-refractivity contribution in [2.24, 2.45) is 0 Å². The van der Waals surface area contributed by atoms with Crippen molar-refractivity contribution < 1.29 is 14.6 Å². The third kappa shape index (κ3) is 2.17. The highest BCUT2D eigenvalue weighted by Crippen LogP contribution is 2.19. The predicted molar refractivity (Wildman–Crippen MR) is 59.3 cm³/mol. The number of aliphatic hydroxyl groups is 1. The molecule has 0 atom stereocenters. The number of aliphatic hydroxyl groups excluding tert-OH is 1. The monoisotopic (exact) mass is 221 g/mol. The average Bonchev–Trinajstić information content (AvgIpc) is 2.25. The van der Waals surface area contributed by atoms with Crippen molar-refractivity contribution in [1.29, 1.82) is 0 Å². The van der Waals surface area contributed by atoms with E-state index in [0.29, 0.717) is 19.5 Å². The van der Waals surface area contributed by atoms with Gasteiger partial charge in [0.15, 0.2) is 0 Å². The zero-order chi connectivity index (χ0) is 11.5. The van der Waals surface area contributed by atoms with E-state index < -0.39 is 0 Å². The lowest BCUT2D eigenvalue weighted by Crippen LogP contribution is -2.53. The van der Waals surface area contributed by atoms with Crippen molar-refractivity contribution >= 4 is 5.91 Å². The van der Waals surface area contributed by atoms with E-state index in [1.165, 1.54) is 0 Å². The van der Waals surface area contributed by atoms with Gasteiger partial charge in [-0.1, -0.05) is 18.2 Å². The summed E-state index contributed by atoms with van der Waals surface area (Å²) in [5.41, 5.74) is 0.886. The van der Waals surface area contributed by atoms with Crippen LogP contribution in [0.1, 0.15) is 5.56 Å². The number of β-amino-alcohol motifs (C(OH)–C–C–N with tert-alkyl or cyclic N) is 1. The SMILES string of the molecule is COc1ccccc1CC(=O)N1CC(O)C1. The standard InChI is InChI=1S/C12H15NO3/c1-16-11-5-3-2-4-9(11)6-12(15)13-7-10(14)8-13/h2-5,10,14H,6-8H2,1H3. The van der Waals surface area contributed by atoms with Crippen LogP contribution in [-0.4, -0.2) is 42.2 Å². The third-order valence-corrected chi connectivity index (χ3v) is 2.75. The molecule has 0 bridgehead atoms. The Kier molecular flexibility index (Phi) is 3.10. The summed E-state index contributed by atoms with van der Waals surface area (Å²) in [7, 11) is 1.59. The number of hydrogen-bond donors (Lipinski definition) is 1. The minimum atomic E-state index is -0.346. The Hall–Kier alpha value is -1.55. The average molecular weight is 221 g/mol. The van der Waals surface area contributed by atoms with Crippen LogP contribution in [0.15, 0.2) is 24.3 Å². The first-order valence-electron chi connectivity index (χ1n) is 5.28. The number of hydrogen-bond acceptors (Lipinski definition) is 3. The fourth-order valence-electron chi connectivity index (χ4n) is 1.78. The molecule has 1 N–H and O–H groups in total. The number of carbonyl (C=O) groups is 1. The van der Waals surface area contributed by atoms with Gasteiger partial charge in [0.25, 0.3) is 0 Å². The van der Waals surface area contributed by atoms with Crippen LogP contribution < -0.4 is 4.74 Å². The van der Waals surface area contributed by atoms with Crippen LogP contribution in [-0.2, 0) is 11.2 Å². The molecule has 0 spiro atoms. The Bertz CT molecular complexity index is 386. The number of ether oxygens (including phenoxy) is 1. The molecule has 4 nitrogen and oxygen atoms in total. The Morgan fingerprint density at radius 3 is 2.81 bits per heavy atom. The molecule has 1 amide bonds. The molecule has 1 fully saturated rings. The van der Waals surface area contributed by atoms with Gasteiger partial charge < -0.3 is 14.7 Å². The first-order chi connectivity index (χ1) is 7.70. The van der Waals surface area contributed by atoms with Gasteiger partial charge in [-0.15, -0.1) is 0 Å². The van der Waals surface area contributed by atoms with Crippen molar-refractivity contribution in [3.63, 3.8) is 0 Å². The zero-order valence-corrected chi connectivity index (χ0v) is 9.22. The van der Waals surface area contributed by atoms with Gasteiger partial charge in [-0.05, 0) is 6.07 Å². The quantitative estimate of drug-likeness (QED) is 0.805. The molecule has 1 aliphatic rings. The Morgan fingerprint density at radius 1 is 1.50 bits per heavy atom. The van der Waals surface area contributed by atoms with Gasteiger partial charge in [0.1, 0.15) is 5.75 Å². The van der Waals surface area contributed by atoms with Crippen molar-refractivity contribution in [3.05, 3.63) is 29.8 Å². The first kappa shape index (κ1) is 11.0. The lowest BCUT2D eigenvalue weighted by molar-refractivity contribution is -0.140. The summed E-state index contributed by atoms with van der Waals surface area (Å²) >= 11 is 0. The van der Waals surface area contributed by atoms with Crippen molar-refractivity contribution in [2.45, 2.75) is 12.5 Å². The van der Waals surface area contributed by atoms with E-state index in [1.54, 1.807) is 12.0 Å². The van der Waals surface area contributed by atoms with Gasteiger partial charge >= 0.3 is 0 Å². The molecular formula is C12H15NO3. The van der Waals surface area contributed by atoms with Gasteiger partial charge in [-0.25, -0.2) is 0 Å². The molecule has 0 aromatic heterocycles. The van der Waals surface area contributed by atoms with Crippen LogP contribution in [0.5, 0.6) is 5.75 Å². The largest absolute Gasteiger partial charge is 0.496 e. The maximum Gasteiger partial charge on any atom is 0.227 e. The lowest BCUT2D eigenvalue weighted by atomic mass is 10.1. The van der Waals surface area contributed by atoms with Gasteiger partial charge in [0.2, 0.25) is 5.91 Å². The molecular weight excluding hydrogens is 206 g/mol. The number of para-hydroxylation sites is 1. The molecule has 4 heteroatoms. The second kappa shape index (κ2) is 4.53. The Labute approximate surface area is 94.4 Å². The number of rotatable bonds is 3. The number of nitrogens with zero attached hydrogens (tertiary/aromatic N) is 1. The third-order valence-electron chi connectivity index (χ3n) is 2.75. The molecule has 1 aromatic carbocycles. The van der Waals surface area contributed by atoms with Crippen LogP contribution in [0.3, 0.4) is 0 Å². The van der Waals surface area contributed by atoms with Crippen molar-refractivity contribution in [2.75, 3.05) is 20.2 Å². The van der Waals surface area contributed by atoms with Crippen LogP contribution in [0.2, 0.25) is 0 Å². The van der Waals surface area contributed by atoms with E-state index in [9.17, 15) is 4.79 Å². The zero-order valence-electron chi connectivity index (χ0n) is 9.22. The minimum Gasteiger partial charge on any atom is -0.496 e. The molecule has 16 heavy (non-hydrogen) atoms. The normalized spacial score (nSPS) is 15.8. The first-order valence-corrected chi connectivity index (χ1v) is 5.28. The lowest BCUT2D eigenvalue weighted by Gasteiger charge is -2.36. The highest BCUT2D eigenvalue weighted by Gasteiger charge is 2.28. The molecule has 1 aromatic rings. The fraction of sp³-hybridized carbons (Fsp3) is 0.417. The van der Waals surface area contributed by atoms with Gasteiger partial charge in [0, 0.05) is 18.7 Å². The summed E-state index contributed by atoms with van der Waals surface area (Å²) in [5, 5.41) is 9.12. The molecule has 1 aliphatic heterocycles. The molecule has 2 rings (SSSR count). The topological polar surface area (TPSA) is 49.8 Å². The van der Waals surface area contributed by atoms with E-state index in [-0.39, 0.29) is 12.0 Å². The molecule has 0 radical (unpaired) electrons. The van der Waals surface area contributed by atoms with Crippen LogP contribution in [0.4, 0.5) is 0 Å². The number of carbonyl (C=O) groups excluding carboxylic acids is 1. The van der Waals surface area contributed by atoms with Gasteiger partial charge in [-0.2, -0.15) is 0 Å². The van der Waals surface area contributed by atoms with Crippen LogP contribution >= 0.6 is 0 Å². The van der Waals surface area contributed by atoms with Crippen LogP contribution in [0, 0.1) is 0 Å². The minimum absolute atomic E-state index is 0.0369. The molecule has 1 heterocycles. The molecule has 1 saturated heterocycles. The highest BCUT2D eigenvalue weighted by atomic mass is 16.5. The summed E-state index contributed by atoms with van der Waals surface area (Å²) in [6, 6.07) is 7.48. The summed E-state index contributed by atoms with van der Waals surface area (Å²) < 4.78 is 5.18. The summed E-state index contributed by atoms with van der Waals surface area (Å²) in [6.07, 6.45) is -0.0156. The highest BCUT2D eigenvalue weighted by molar-refractivity contribution is 5.80. The second-order valence-corrected chi connectivity index (χ2v) is 3.94. The van der Waals surface area contributed by atoms with E-state index in [4.69, 9.17) is 9.84 Å². The molecule has 86 valence electrons. The van der Waals surface area contributed by atoms with Gasteiger partial charge in [-0.3, -0.25) is 4.79 Å². The van der Waals surface area contributed by atoms with E-state index in [1.807, 2.05) is 24.3 Å². The Balaban J connectivity index is 2.00. The summed E-state index contributed by atoms with van der Waals surface area (Å²) in [5.74, 6) is 0.770. The number of benzene rings is 1. The maximum atomic E-state index is 11.8. The number of amides is 1. The maximum absolute atomic E-state index is 11.8. The van der Waals surface area contributed by atoms with Gasteiger partial charge in [0.05, 0.1) is 19.6 Å². The van der Waals surface area contributed by atoms with E-state index in [2.05, 4.69) is 0 Å². The summed E-state index contributed by atoms with van der Waals surface area (Å²) in [6.45, 7) is 0.905. The van der Waals surface area contributed by atoms with Crippen molar-refractivity contribution in [3.8, 4) is 5.75 Å². The smallest absolute Gasteiger partial charge is 0.227 e. The number of methoxy groups -OCH3 is 1. The predicted octanol–water partition coefficient (Wildman–Crippen LogP) is 0.441. The second-order valence-electron chi connectivity index (χ2n) is 3.94. The van der Waals surface area contributed by atoms with E-state index >= 15 is 0 Å². The molecule has 0 saturated carbocycles. The van der Waals surface area contributed by atoms with E-state index in [0.717, 1.165) is 11.3 Å². The van der Waals surface area contributed by atoms with Crippen molar-refractivity contribution in [1.82, 2.24) is 4.90 Å². The molecule has 0 unspecified atom stereocenters. The Morgan fingerprint density at radius 2 is 2.19 bits per heavy atom. The molecule has 0 aliphatic carbocycles. The summed E-state index contributed by atoms with van der Waals surface area (Å²) in [4.78, 5) is 13.4. The number of likely N-dealkylation sites (tertiary alicyclic amines) is 1. The van der Waals surface area contributed by atoms with Crippen LogP contribution in [0.25, 0.3) is 0 Å². The fourth-order valence-corrected chi connectivity index (χ4v) is 1.78.